The van der Waals surface area contributed by atoms with Crippen LogP contribution in [0.5, 0.6) is 5.75 Å². The summed E-state index contributed by atoms with van der Waals surface area (Å²) < 4.78 is 43.8. The molecule has 1 unspecified atom stereocenters. The zero-order valence-corrected chi connectivity index (χ0v) is 25.0. The topological polar surface area (TPSA) is 127 Å². The van der Waals surface area contributed by atoms with Gasteiger partial charge in [0.2, 0.25) is 5.91 Å². The van der Waals surface area contributed by atoms with Crippen molar-refractivity contribution in [3.63, 3.8) is 0 Å². The Labute approximate surface area is 257 Å². The van der Waals surface area contributed by atoms with Gasteiger partial charge in [-0.1, -0.05) is 12.1 Å². The Hall–Kier alpha value is -4.46. The van der Waals surface area contributed by atoms with E-state index in [1.165, 1.54) is 16.2 Å². The van der Waals surface area contributed by atoms with Crippen molar-refractivity contribution in [3.05, 3.63) is 58.3 Å². The molecule has 3 aliphatic rings. The molecule has 4 heterocycles. The van der Waals surface area contributed by atoms with E-state index in [0.717, 1.165) is 15.4 Å². The number of imide groups is 1. The lowest BCUT2D eigenvalue weighted by Crippen LogP contribution is -2.52. The normalized spacial score (nSPS) is 22.7. The molecule has 0 aliphatic carbocycles. The minimum atomic E-state index is -1.40. The predicted molar refractivity (Wildman–Crippen MR) is 159 cm³/mol. The van der Waals surface area contributed by atoms with Crippen molar-refractivity contribution in [1.82, 2.24) is 18.9 Å². The maximum Gasteiger partial charge on any atom is 0.407 e. The van der Waals surface area contributed by atoms with Crippen molar-refractivity contribution < 1.29 is 37.7 Å². The molecule has 45 heavy (non-hydrogen) atoms. The minimum absolute atomic E-state index is 0.0345. The highest BCUT2D eigenvalue weighted by Gasteiger charge is 2.39. The fourth-order valence-electron chi connectivity index (χ4n) is 6.48. The molecule has 3 aliphatic heterocycles. The summed E-state index contributed by atoms with van der Waals surface area (Å²) >= 11 is 0. The van der Waals surface area contributed by atoms with Crippen LogP contribution in [0, 0.1) is 11.7 Å². The number of rotatable bonds is 8. The largest absolute Gasteiger partial charge is 0.497 e. The number of aryl methyl sites for hydroxylation is 1. The number of alkyl halides is 1. The zero-order chi connectivity index (χ0) is 32.0. The number of carbonyl (C=O) groups excluding carboxylic acids is 2. The van der Waals surface area contributed by atoms with Gasteiger partial charge < -0.3 is 24.4 Å². The van der Waals surface area contributed by atoms with Crippen molar-refractivity contribution in [2.24, 2.45) is 13.0 Å². The minimum Gasteiger partial charge on any atom is -0.497 e. The number of hydrogen-bond donors (Lipinski definition) is 1. The summed E-state index contributed by atoms with van der Waals surface area (Å²) in [4.78, 5) is 54.9. The van der Waals surface area contributed by atoms with Gasteiger partial charge in [-0.15, -0.1) is 0 Å². The van der Waals surface area contributed by atoms with E-state index < -0.39 is 41.8 Å². The first-order chi connectivity index (χ1) is 21.6. The Morgan fingerprint density at radius 1 is 1.04 bits per heavy atom. The lowest BCUT2D eigenvalue weighted by molar-refractivity contribution is -0.151. The van der Waals surface area contributed by atoms with Crippen LogP contribution in [0.15, 0.2) is 41.2 Å². The highest BCUT2D eigenvalue weighted by molar-refractivity contribution is 6.00. The van der Waals surface area contributed by atoms with Crippen LogP contribution in [0.25, 0.3) is 11.0 Å². The molecule has 0 radical (unpaired) electrons. The second-order valence-electron chi connectivity index (χ2n) is 11.9. The fourth-order valence-corrected chi connectivity index (χ4v) is 6.48. The van der Waals surface area contributed by atoms with Crippen LogP contribution in [-0.4, -0.2) is 94.1 Å². The molecule has 0 saturated carbocycles. The Bertz CT molecular complexity index is 1680. The molecule has 3 fully saturated rings. The number of anilines is 1. The van der Waals surface area contributed by atoms with Crippen LogP contribution in [0.1, 0.15) is 30.9 Å². The SMILES string of the molecule is COc1ccc(CN2C(=O)CCC(n3c(=O)n(C)c4c(F)c(N5CC(CO[C@@H]6CCN(C(=O)O)C[C@H]6F)C5)ccc43)C2=O)cc1. The standard InChI is InChI=1S/C31H35F2N5O7/c1-34-28-23(38(30(34)41)24-9-10-26(39)37(29(24)40)15-18-3-5-20(44-2)6-4-18)8-7-22(27(28)33)36-13-19(14-36)17-45-25-11-12-35(31(42)43)16-21(25)32/h3-8,19,21,24-25H,9-17H2,1-2H3,(H,42,43)/t21-,24?,25-/m1/s1. The number of fused-ring (bicyclic) bond motifs is 1. The second kappa shape index (κ2) is 12.1. The number of aromatic nitrogens is 2. The monoisotopic (exact) mass is 627 g/mol. The van der Waals surface area contributed by atoms with Crippen molar-refractivity contribution in [2.75, 3.05) is 44.8 Å². The third-order valence-corrected chi connectivity index (χ3v) is 9.05. The smallest absolute Gasteiger partial charge is 0.407 e. The van der Waals surface area contributed by atoms with Gasteiger partial charge in [0.25, 0.3) is 5.91 Å². The molecule has 3 amide bonds. The van der Waals surface area contributed by atoms with E-state index in [2.05, 4.69) is 0 Å². The van der Waals surface area contributed by atoms with Crippen molar-refractivity contribution in [3.8, 4) is 5.75 Å². The lowest BCUT2D eigenvalue weighted by Gasteiger charge is -2.42. The number of likely N-dealkylation sites (tertiary alicyclic amines) is 2. The number of imidazole rings is 1. The molecule has 0 spiro atoms. The molecule has 3 saturated heterocycles. The molecule has 3 atom stereocenters. The van der Waals surface area contributed by atoms with Crippen molar-refractivity contribution in [2.45, 2.75) is 44.1 Å². The number of amides is 3. The Morgan fingerprint density at radius 3 is 2.44 bits per heavy atom. The van der Waals surface area contributed by atoms with E-state index in [9.17, 15) is 23.6 Å². The predicted octanol–water partition coefficient (Wildman–Crippen LogP) is 2.92. The molecular weight excluding hydrogens is 592 g/mol. The van der Waals surface area contributed by atoms with E-state index >= 15 is 4.39 Å². The molecule has 0 bridgehead atoms. The first-order valence-electron chi connectivity index (χ1n) is 14.9. The quantitative estimate of drug-likeness (QED) is 0.378. The van der Waals surface area contributed by atoms with Crippen molar-refractivity contribution >= 4 is 34.6 Å². The molecule has 240 valence electrons. The van der Waals surface area contributed by atoms with Crippen LogP contribution < -0.4 is 15.3 Å². The molecule has 3 aromatic rings. The molecule has 14 heteroatoms. The summed E-state index contributed by atoms with van der Waals surface area (Å²) in [5.74, 6) is -0.769. The first-order valence-corrected chi connectivity index (χ1v) is 14.9. The molecule has 1 N–H and O–H groups in total. The van der Waals surface area contributed by atoms with Gasteiger partial charge in [-0.2, -0.15) is 0 Å². The molecule has 6 rings (SSSR count). The highest BCUT2D eigenvalue weighted by atomic mass is 19.1. The molecule has 2 aromatic carbocycles. The third-order valence-electron chi connectivity index (χ3n) is 9.05. The molecular formula is C31H35F2N5O7. The number of carbonyl (C=O) groups is 3. The summed E-state index contributed by atoms with van der Waals surface area (Å²) in [6.45, 7) is 1.23. The van der Waals surface area contributed by atoms with Gasteiger partial charge in [0.05, 0.1) is 44.1 Å². The average molecular weight is 628 g/mol. The van der Waals surface area contributed by atoms with E-state index in [0.29, 0.717) is 24.5 Å². The highest BCUT2D eigenvalue weighted by Crippen LogP contribution is 2.34. The second-order valence-corrected chi connectivity index (χ2v) is 11.9. The van der Waals surface area contributed by atoms with Crippen LogP contribution in [0.3, 0.4) is 0 Å². The van der Waals surface area contributed by atoms with Gasteiger partial charge in [0, 0.05) is 39.0 Å². The Morgan fingerprint density at radius 2 is 1.78 bits per heavy atom. The van der Waals surface area contributed by atoms with Crippen LogP contribution in [0.4, 0.5) is 19.3 Å². The number of piperidine rings is 2. The number of ether oxygens (including phenoxy) is 2. The number of methoxy groups -OCH3 is 1. The van der Waals surface area contributed by atoms with Gasteiger partial charge >= 0.3 is 11.8 Å². The van der Waals surface area contributed by atoms with Gasteiger partial charge in [-0.25, -0.2) is 18.4 Å². The van der Waals surface area contributed by atoms with E-state index in [-0.39, 0.29) is 68.4 Å². The van der Waals surface area contributed by atoms with Gasteiger partial charge in [0.15, 0.2) is 5.82 Å². The summed E-state index contributed by atoms with van der Waals surface area (Å²) in [7, 11) is 3.00. The average Bonchev–Trinajstić information content (AvgIpc) is 3.26. The number of hydrogen-bond acceptors (Lipinski definition) is 7. The van der Waals surface area contributed by atoms with E-state index in [1.54, 1.807) is 43.5 Å². The summed E-state index contributed by atoms with van der Waals surface area (Å²) in [6, 6.07) is 9.24. The van der Waals surface area contributed by atoms with E-state index in [1.807, 2.05) is 4.90 Å². The van der Waals surface area contributed by atoms with E-state index in [4.69, 9.17) is 14.6 Å². The summed E-state index contributed by atoms with van der Waals surface area (Å²) in [6.07, 6.45) is -2.76. The lowest BCUT2D eigenvalue weighted by atomic mass is 9.99. The number of nitrogens with zero attached hydrogens (tertiary/aromatic N) is 5. The van der Waals surface area contributed by atoms with Crippen molar-refractivity contribution in [1.29, 1.82) is 0 Å². The zero-order valence-electron chi connectivity index (χ0n) is 25.0. The first kappa shape index (κ1) is 30.6. The molecule has 1 aromatic heterocycles. The number of benzene rings is 2. The Kier molecular flexibility index (Phi) is 8.25. The molecule has 12 nitrogen and oxygen atoms in total. The Balaban J connectivity index is 1.15. The van der Waals surface area contributed by atoms with Crippen LogP contribution >= 0.6 is 0 Å². The summed E-state index contributed by atoms with van der Waals surface area (Å²) in [5, 5.41) is 9.06. The van der Waals surface area contributed by atoms with Gasteiger partial charge in [-0.3, -0.25) is 23.6 Å². The maximum absolute atomic E-state index is 16.0. The third kappa shape index (κ3) is 5.62. The van der Waals surface area contributed by atoms with Gasteiger partial charge in [-0.05, 0) is 42.7 Å². The maximum atomic E-state index is 16.0. The van der Waals surface area contributed by atoms with Crippen LogP contribution in [-0.2, 0) is 27.9 Å². The van der Waals surface area contributed by atoms with Crippen LogP contribution in [0.2, 0.25) is 0 Å². The van der Waals surface area contributed by atoms with Gasteiger partial charge in [0.1, 0.15) is 23.5 Å². The number of halogens is 2. The fraction of sp³-hybridized carbons (Fsp3) is 0.484. The number of carboxylic acid groups (broad SMARTS) is 1. The summed E-state index contributed by atoms with van der Waals surface area (Å²) in [5.41, 5.74) is 0.807.